The first-order valence-electron chi connectivity index (χ1n) is 6.97. The maximum Gasteiger partial charge on any atom is 0.435 e. The smallest absolute Gasteiger partial charge is 0.435 e. The second-order valence-corrected chi connectivity index (χ2v) is 6.21. The van der Waals surface area contributed by atoms with E-state index in [1.807, 2.05) is 12.2 Å². The van der Waals surface area contributed by atoms with Crippen molar-refractivity contribution >= 4 is 18.0 Å². The molecule has 21 heavy (non-hydrogen) atoms. The lowest BCUT2D eigenvalue weighted by Gasteiger charge is -2.18. The number of hydrogen-bond donors (Lipinski definition) is 0. The van der Waals surface area contributed by atoms with Gasteiger partial charge in [-0.15, -0.1) is 0 Å². The summed E-state index contributed by atoms with van der Waals surface area (Å²) < 4.78 is 6.33. The van der Waals surface area contributed by atoms with Gasteiger partial charge in [0.05, 0.1) is 5.56 Å². The van der Waals surface area contributed by atoms with Crippen molar-refractivity contribution in [1.82, 2.24) is 9.78 Å². The van der Waals surface area contributed by atoms with E-state index in [0.717, 1.165) is 16.7 Å². The van der Waals surface area contributed by atoms with E-state index in [4.69, 9.17) is 4.74 Å². The van der Waals surface area contributed by atoms with Gasteiger partial charge in [-0.2, -0.15) is 9.78 Å². The third kappa shape index (κ3) is 3.68. The van der Waals surface area contributed by atoms with Gasteiger partial charge in [0.15, 0.2) is 6.29 Å². The Bertz CT molecular complexity index is 618. The molecular weight excluding hydrogens is 268 g/mol. The van der Waals surface area contributed by atoms with Crippen LogP contribution in [-0.2, 0) is 4.74 Å². The molecule has 2 rings (SSSR count). The van der Waals surface area contributed by atoms with Crippen LogP contribution in [0.2, 0.25) is 0 Å². The van der Waals surface area contributed by atoms with Crippen LogP contribution >= 0.6 is 0 Å². The van der Waals surface area contributed by atoms with E-state index in [1.165, 1.54) is 6.20 Å². The molecule has 0 N–H and O–H groups in total. The molecule has 1 heterocycles. The molecule has 0 fully saturated rings. The highest BCUT2D eigenvalue weighted by atomic mass is 16.6. The average Bonchev–Trinajstić information content (AvgIpc) is 2.82. The summed E-state index contributed by atoms with van der Waals surface area (Å²) in [5, 5.41) is 4.21. The number of nitrogens with zero attached hydrogens (tertiary/aromatic N) is 2. The van der Waals surface area contributed by atoms with Gasteiger partial charge in [-0.3, -0.25) is 4.79 Å². The van der Waals surface area contributed by atoms with Crippen molar-refractivity contribution in [2.45, 2.75) is 39.7 Å². The summed E-state index contributed by atoms with van der Waals surface area (Å²) in [5.74, 6) is 0.473. The molecule has 5 nitrogen and oxygen atoms in total. The quantitative estimate of drug-likeness (QED) is 0.782. The second kappa shape index (κ2) is 5.68. The fraction of sp³-hybridized carbons (Fsp3) is 0.438. The summed E-state index contributed by atoms with van der Waals surface area (Å²) in [4.78, 5) is 23.2. The van der Waals surface area contributed by atoms with Gasteiger partial charge in [0.1, 0.15) is 11.3 Å². The Balaban J connectivity index is 2.30. The van der Waals surface area contributed by atoms with Gasteiger partial charge in [0, 0.05) is 6.20 Å². The first-order chi connectivity index (χ1) is 9.80. The molecule has 0 bridgehead atoms. The summed E-state index contributed by atoms with van der Waals surface area (Å²) in [7, 11) is 0. The van der Waals surface area contributed by atoms with E-state index < -0.39 is 11.7 Å². The summed E-state index contributed by atoms with van der Waals surface area (Å²) >= 11 is 0. The van der Waals surface area contributed by atoms with E-state index >= 15 is 0 Å². The van der Waals surface area contributed by atoms with Gasteiger partial charge in [-0.1, -0.05) is 25.2 Å². The second-order valence-electron chi connectivity index (χ2n) is 6.21. The van der Waals surface area contributed by atoms with Crippen molar-refractivity contribution in [3.05, 3.63) is 35.7 Å². The molecule has 1 aliphatic rings. The first-order valence-corrected chi connectivity index (χ1v) is 6.97. The molecule has 112 valence electrons. The molecule has 1 atom stereocenters. The zero-order valence-electron chi connectivity index (χ0n) is 12.8. The number of rotatable bonds is 2. The standard InChI is InChI=1S/C16H20N2O3/c1-11-5-7-12(8-6-11)14-13(10-19)9-18(17-14)15(20)21-16(2,3)4/h5,7-11H,6H2,1-4H3. The van der Waals surface area contributed by atoms with Crippen LogP contribution in [0, 0.1) is 5.92 Å². The molecule has 0 radical (unpaired) electrons. The zero-order chi connectivity index (χ0) is 15.6. The Hall–Kier alpha value is -2.17. The number of ether oxygens (including phenoxy) is 1. The molecule has 0 spiro atoms. The maximum atomic E-state index is 12.0. The van der Waals surface area contributed by atoms with Crippen LogP contribution in [0.3, 0.4) is 0 Å². The normalized spacial score (nSPS) is 18.3. The van der Waals surface area contributed by atoms with Crippen LogP contribution in [-0.4, -0.2) is 27.8 Å². The van der Waals surface area contributed by atoms with E-state index in [9.17, 15) is 9.59 Å². The molecule has 0 saturated heterocycles. The first kappa shape index (κ1) is 15.2. The van der Waals surface area contributed by atoms with Gasteiger partial charge in [0.2, 0.25) is 0 Å². The Morgan fingerprint density at radius 1 is 1.48 bits per heavy atom. The van der Waals surface area contributed by atoms with Crippen molar-refractivity contribution in [3.8, 4) is 0 Å². The Labute approximate surface area is 124 Å². The van der Waals surface area contributed by atoms with Crippen LogP contribution in [0.15, 0.2) is 24.4 Å². The number of carbonyl (C=O) groups excluding carboxylic acids is 2. The van der Waals surface area contributed by atoms with E-state index in [0.29, 0.717) is 23.5 Å². The van der Waals surface area contributed by atoms with Gasteiger partial charge >= 0.3 is 6.09 Å². The molecule has 0 saturated carbocycles. The van der Waals surface area contributed by atoms with Crippen LogP contribution in [0.4, 0.5) is 4.79 Å². The monoisotopic (exact) mass is 288 g/mol. The predicted octanol–water partition coefficient (Wildman–Crippen LogP) is 3.46. The van der Waals surface area contributed by atoms with Crippen molar-refractivity contribution in [2.75, 3.05) is 0 Å². The van der Waals surface area contributed by atoms with Gasteiger partial charge in [-0.05, 0) is 38.7 Å². The highest BCUT2D eigenvalue weighted by Gasteiger charge is 2.21. The number of aldehydes is 1. The fourth-order valence-corrected chi connectivity index (χ4v) is 2.00. The Morgan fingerprint density at radius 3 is 2.71 bits per heavy atom. The number of hydrogen-bond acceptors (Lipinski definition) is 4. The maximum absolute atomic E-state index is 12.0. The number of carbonyl (C=O) groups is 2. The summed E-state index contributed by atoms with van der Waals surface area (Å²) in [6, 6.07) is 0. The van der Waals surface area contributed by atoms with Crippen molar-refractivity contribution in [2.24, 2.45) is 5.92 Å². The van der Waals surface area contributed by atoms with Crippen LogP contribution in [0.1, 0.15) is 50.2 Å². The van der Waals surface area contributed by atoms with Gasteiger partial charge in [0.25, 0.3) is 0 Å². The summed E-state index contributed by atoms with van der Waals surface area (Å²) in [5.41, 5.74) is 1.15. The minimum absolute atomic E-state index is 0.381. The SMILES string of the molecule is CC1C=CC(c2nn(C(=O)OC(C)(C)C)cc2C=O)=CC1. The van der Waals surface area contributed by atoms with Crippen LogP contribution in [0.5, 0.6) is 0 Å². The highest BCUT2D eigenvalue weighted by Crippen LogP contribution is 2.25. The molecular formula is C16H20N2O3. The molecule has 1 aromatic rings. The van der Waals surface area contributed by atoms with E-state index in [-0.39, 0.29) is 0 Å². The molecule has 1 aromatic heterocycles. The number of aromatic nitrogens is 2. The molecule has 0 aromatic carbocycles. The third-order valence-electron chi connectivity index (χ3n) is 3.04. The van der Waals surface area contributed by atoms with Gasteiger partial charge < -0.3 is 4.74 Å². The molecule has 0 aliphatic heterocycles. The molecule has 1 unspecified atom stereocenters. The van der Waals surface area contributed by atoms with Gasteiger partial charge in [-0.25, -0.2) is 4.79 Å². The molecule has 0 amide bonds. The van der Waals surface area contributed by atoms with Crippen molar-refractivity contribution in [3.63, 3.8) is 0 Å². The highest BCUT2D eigenvalue weighted by molar-refractivity contribution is 5.88. The van der Waals surface area contributed by atoms with Crippen molar-refractivity contribution in [1.29, 1.82) is 0 Å². The Morgan fingerprint density at radius 2 is 2.19 bits per heavy atom. The Kier molecular flexibility index (Phi) is 4.11. The lowest BCUT2D eigenvalue weighted by Crippen LogP contribution is -2.27. The molecule has 5 heteroatoms. The topological polar surface area (TPSA) is 61.2 Å². The lowest BCUT2D eigenvalue weighted by atomic mass is 9.96. The minimum atomic E-state index is -0.607. The van der Waals surface area contributed by atoms with Crippen molar-refractivity contribution < 1.29 is 14.3 Å². The summed E-state index contributed by atoms with van der Waals surface area (Å²) in [6.07, 6.45) is 8.44. The summed E-state index contributed by atoms with van der Waals surface area (Å²) in [6.45, 7) is 7.46. The fourth-order valence-electron chi connectivity index (χ4n) is 2.00. The lowest BCUT2D eigenvalue weighted by molar-refractivity contribution is 0.0514. The number of allylic oxidation sites excluding steroid dienone is 4. The predicted molar refractivity (Wildman–Crippen MR) is 80.1 cm³/mol. The molecule has 1 aliphatic carbocycles. The van der Waals surface area contributed by atoms with Crippen LogP contribution < -0.4 is 0 Å². The minimum Gasteiger partial charge on any atom is -0.442 e. The zero-order valence-corrected chi connectivity index (χ0v) is 12.8. The van der Waals surface area contributed by atoms with E-state index in [2.05, 4.69) is 18.1 Å². The average molecular weight is 288 g/mol. The largest absolute Gasteiger partial charge is 0.442 e. The van der Waals surface area contributed by atoms with Crippen LogP contribution in [0.25, 0.3) is 5.57 Å². The third-order valence-corrected chi connectivity index (χ3v) is 3.04. The van der Waals surface area contributed by atoms with E-state index in [1.54, 1.807) is 20.8 Å².